The normalized spacial score (nSPS) is 14.1. The molecule has 3 aromatic carbocycles. The number of anilines is 1. The Morgan fingerprint density at radius 3 is 2.14 bits per heavy atom. The first-order chi connectivity index (χ1) is 14.1. The summed E-state index contributed by atoms with van der Waals surface area (Å²) in [4.78, 5) is 14.8. The van der Waals surface area contributed by atoms with Crippen LogP contribution in [0, 0.1) is 0 Å². The Balaban J connectivity index is 1.57. The first-order valence-electron chi connectivity index (χ1n) is 10.3. The van der Waals surface area contributed by atoms with Crippen molar-refractivity contribution in [2.45, 2.75) is 36.9 Å². The first-order valence-corrected chi connectivity index (χ1v) is 11.2. The van der Waals surface area contributed by atoms with Crippen molar-refractivity contribution >= 4 is 27.5 Å². The van der Waals surface area contributed by atoms with Crippen LogP contribution >= 0.6 is 15.9 Å². The van der Waals surface area contributed by atoms with E-state index in [1.54, 1.807) is 0 Å². The van der Waals surface area contributed by atoms with E-state index < -0.39 is 0 Å². The number of hydrogen-bond donors (Lipinski definition) is 0. The lowest BCUT2D eigenvalue weighted by molar-refractivity contribution is -0.117. The molecule has 1 amide bonds. The van der Waals surface area contributed by atoms with Gasteiger partial charge in [-0.15, -0.1) is 0 Å². The third kappa shape index (κ3) is 4.79. The molecule has 1 atom stereocenters. The number of carbonyl (C=O) groups excluding carboxylic acids is 1. The van der Waals surface area contributed by atoms with E-state index in [1.807, 2.05) is 30.1 Å². The molecule has 29 heavy (non-hydrogen) atoms. The van der Waals surface area contributed by atoms with Crippen molar-refractivity contribution in [3.05, 3.63) is 101 Å². The van der Waals surface area contributed by atoms with E-state index in [1.165, 1.54) is 22.3 Å². The summed E-state index contributed by atoms with van der Waals surface area (Å²) in [5.41, 5.74) is 7.43. The van der Waals surface area contributed by atoms with Gasteiger partial charge in [0.15, 0.2) is 0 Å². The van der Waals surface area contributed by atoms with Gasteiger partial charge in [-0.25, -0.2) is 0 Å². The molecule has 3 heteroatoms. The second-order valence-corrected chi connectivity index (χ2v) is 8.94. The smallest absolute Gasteiger partial charge is 0.240 e. The molecule has 4 bridgehead atoms. The van der Waals surface area contributed by atoms with E-state index in [0.29, 0.717) is 6.42 Å². The zero-order valence-electron chi connectivity index (χ0n) is 16.8. The van der Waals surface area contributed by atoms with Crippen molar-refractivity contribution < 1.29 is 4.79 Å². The van der Waals surface area contributed by atoms with Gasteiger partial charge < -0.3 is 4.90 Å². The summed E-state index contributed by atoms with van der Waals surface area (Å²) in [6, 6.07) is 25.8. The minimum Gasteiger partial charge on any atom is -0.314 e. The van der Waals surface area contributed by atoms with Gasteiger partial charge in [0.05, 0.1) is 4.83 Å². The molecule has 7 rings (SSSR count). The third-order valence-corrected chi connectivity index (χ3v) is 6.49. The fourth-order valence-electron chi connectivity index (χ4n) is 3.97. The molecule has 4 aliphatic carbocycles. The quantitative estimate of drug-likeness (QED) is 0.480. The SMILES string of the molecule is CN(C(=O)C(Br)Cc1ccccc1)c1cc2ccc1CCc1ccc(cc1)CC2. The molecule has 0 N–H and O–H groups in total. The van der Waals surface area contributed by atoms with Crippen molar-refractivity contribution in [1.82, 2.24) is 0 Å². The lowest BCUT2D eigenvalue weighted by Gasteiger charge is -2.25. The molecule has 0 aliphatic heterocycles. The molecule has 0 saturated carbocycles. The zero-order valence-corrected chi connectivity index (χ0v) is 18.4. The Labute approximate surface area is 181 Å². The number of benzene rings is 3. The average molecular weight is 448 g/mol. The molecule has 0 radical (unpaired) electrons. The number of carbonyl (C=O) groups is 1. The number of rotatable bonds is 4. The maximum absolute atomic E-state index is 13.2. The van der Waals surface area contributed by atoms with Crippen LogP contribution in [0.3, 0.4) is 0 Å². The summed E-state index contributed by atoms with van der Waals surface area (Å²) in [6.07, 6.45) is 4.60. The lowest BCUT2D eigenvalue weighted by Crippen LogP contribution is -2.35. The van der Waals surface area contributed by atoms with Gasteiger partial charge >= 0.3 is 0 Å². The highest BCUT2D eigenvalue weighted by atomic mass is 79.9. The number of amides is 1. The average Bonchev–Trinajstić information content (AvgIpc) is 2.75. The predicted molar refractivity (Wildman–Crippen MR) is 124 cm³/mol. The molecule has 1 unspecified atom stereocenters. The molecule has 2 nitrogen and oxygen atoms in total. The van der Waals surface area contributed by atoms with Crippen LogP contribution in [0.25, 0.3) is 0 Å². The van der Waals surface area contributed by atoms with Crippen molar-refractivity contribution in [3.8, 4) is 0 Å². The second kappa shape index (κ2) is 8.96. The van der Waals surface area contributed by atoms with Gasteiger partial charge in [0.2, 0.25) is 5.91 Å². The fourth-order valence-corrected chi connectivity index (χ4v) is 4.65. The standard InChI is InChI=1S/C26H26BrNO/c1-28(26(29)24(27)17-21-5-3-2-4-6-21)25-18-22-12-11-19-7-9-20(10-8-19)13-15-23(25)16-14-22/h2-10,14,16,18,24H,11-13,15,17H2,1H3. The van der Waals surface area contributed by atoms with Crippen LogP contribution in [-0.2, 0) is 36.9 Å². The van der Waals surface area contributed by atoms with E-state index in [2.05, 4.69) is 70.5 Å². The van der Waals surface area contributed by atoms with Gasteiger partial charge in [0.25, 0.3) is 0 Å². The van der Waals surface area contributed by atoms with Gasteiger partial charge in [0.1, 0.15) is 0 Å². The Hall–Kier alpha value is -2.39. The second-order valence-electron chi connectivity index (χ2n) is 7.83. The molecule has 4 aliphatic rings. The molecular weight excluding hydrogens is 422 g/mol. The van der Waals surface area contributed by atoms with Crippen molar-refractivity contribution in [3.63, 3.8) is 0 Å². The summed E-state index contributed by atoms with van der Waals surface area (Å²) in [7, 11) is 1.91. The summed E-state index contributed by atoms with van der Waals surface area (Å²) in [5, 5.41) is 0. The summed E-state index contributed by atoms with van der Waals surface area (Å²) in [5.74, 6) is 0.0997. The number of nitrogens with zero attached hydrogens (tertiary/aromatic N) is 1. The van der Waals surface area contributed by atoms with Crippen LogP contribution in [0.1, 0.15) is 27.8 Å². The van der Waals surface area contributed by atoms with Crippen molar-refractivity contribution in [2.75, 3.05) is 11.9 Å². The molecule has 0 fully saturated rings. The number of hydrogen-bond acceptors (Lipinski definition) is 1. The Morgan fingerprint density at radius 1 is 0.862 bits per heavy atom. The maximum atomic E-state index is 13.2. The highest BCUT2D eigenvalue weighted by Crippen LogP contribution is 2.27. The number of aryl methyl sites for hydroxylation is 4. The van der Waals surface area contributed by atoms with Gasteiger partial charge in [-0.3, -0.25) is 4.79 Å². The molecule has 0 aromatic heterocycles. The zero-order chi connectivity index (χ0) is 20.2. The molecule has 148 valence electrons. The van der Waals surface area contributed by atoms with Crippen LogP contribution in [0.4, 0.5) is 5.69 Å². The maximum Gasteiger partial charge on any atom is 0.240 e. The topological polar surface area (TPSA) is 20.3 Å². The minimum atomic E-state index is -0.239. The first kappa shape index (κ1) is 19.9. The van der Waals surface area contributed by atoms with E-state index >= 15 is 0 Å². The number of halogens is 1. The van der Waals surface area contributed by atoms with E-state index in [0.717, 1.165) is 36.9 Å². The summed E-state index contributed by atoms with van der Waals surface area (Å²) < 4.78 is 0. The highest BCUT2D eigenvalue weighted by molar-refractivity contribution is 9.10. The summed E-state index contributed by atoms with van der Waals surface area (Å²) in [6.45, 7) is 0. The molecule has 0 heterocycles. The van der Waals surface area contributed by atoms with Crippen LogP contribution in [-0.4, -0.2) is 17.8 Å². The molecule has 0 saturated heterocycles. The van der Waals surface area contributed by atoms with Gasteiger partial charge in [-0.05, 0) is 66.0 Å². The van der Waals surface area contributed by atoms with E-state index in [-0.39, 0.29) is 10.7 Å². The minimum absolute atomic E-state index is 0.0997. The Bertz CT molecular complexity index is 981. The monoisotopic (exact) mass is 447 g/mol. The Kier molecular flexibility index (Phi) is 6.15. The van der Waals surface area contributed by atoms with E-state index in [4.69, 9.17) is 0 Å². The molecule has 0 spiro atoms. The lowest BCUT2D eigenvalue weighted by atomic mass is 9.95. The van der Waals surface area contributed by atoms with Crippen LogP contribution in [0.2, 0.25) is 0 Å². The molecular formula is C26H26BrNO. The van der Waals surface area contributed by atoms with Crippen LogP contribution in [0.5, 0.6) is 0 Å². The van der Waals surface area contributed by atoms with Gasteiger partial charge in [0, 0.05) is 12.7 Å². The highest BCUT2D eigenvalue weighted by Gasteiger charge is 2.23. The van der Waals surface area contributed by atoms with Crippen LogP contribution in [0.15, 0.2) is 72.8 Å². The summed E-state index contributed by atoms with van der Waals surface area (Å²) >= 11 is 3.63. The van der Waals surface area contributed by atoms with Gasteiger partial charge in [-0.2, -0.15) is 0 Å². The third-order valence-electron chi connectivity index (χ3n) is 5.78. The number of alkyl halides is 1. The molecule has 3 aromatic rings. The largest absolute Gasteiger partial charge is 0.314 e. The fraction of sp³-hybridized carbons (Fsp3) is 0.269. The Morgan fingerprint density at radius 2 is 1.45 bits per heavy atom. The predicted octanol–water partition coefficient (Wildman–Crippen LogP) is 5.54. The van der Waals surface area contributed by atoms with Crippen LogP contribution < -0.4 is 4.90 Å². The van der Waals surface area contributed by atoms with E-state index in [9.17, 15) is 4.79 Å². The van der Waals surface area contributed by atoms with Crippen molar-refractivity contribution in [2.24, 2.45) is 0 Å². The van der Waals surface area contributed by atoms with Crippen molar-refractivity contribution in [1.29, 1.82) is 0 Å². The van der Waals surface area contributed by atoms with Gasteiger partial charge in [-0.1, -0.05) is 82.7 Å².